The zero-order valence-electron chi connectivity index (χ0n) is 18.6. The molecule has 0 saturated carbocycles. The molecule has 3 aromatic rings. The highest BCUT2D eigenvalue weighted by Gasteiger charge is 2.08. The first-order chi connectivity index (χ1) is 15.7. The Bertz CT molecular complexity index is 986. The van der Waals surface area contributed by atoms with E-state index in [1.54, 1.807) is 24.3 Å². The number of nitrogens with zero attached hydrogens (tertiary/aromatic N) is 1. The number of hydrogen-bond acceptors (Lipinski definition) is 3. The van der Waals surface area contributed by atoms with E-state index in [9.17, 15) is 4.79 Å². The molecule has 0 N–H and O–H groups in total. The molecule has 0 aliphatic heterocycles. The van der Waals surface area contributed by atoms with Crippen molar-refractivity contribution >= 4 is 5.97 Å². The molecule has 0 aliphatic carbocycles. The second kappa shape index (κ2) is 13.1. The fraction of sp³-hybridized carbons (Fsp3) is 0.310. The topological polar surface area (TPSA) is 50.1 Å². The van der Waals surface area contributed by atoms with Gasteiger partial charge in [0.1, 0.15) is 5.75 Å². The number of unbranched alkanes of at least 4 members (excludes halogenated alkanes) is 6. The number of aryl methyl sites for hydroxylation is 2. The molecule has 0 spiro atoms. The maximum Gasteiger partial charge on any atom is 0.343 e. The zero-order chi connectivity index (χ0) is 22.4. The van der Waals surface area contributed by atoms with Gasteiger partial charge in [0.2, 0.25) is 0 Å². The van der Waals surface area contributed by atoms with Crippen LogP contribution in [0.15, 0.2) is 78.9 Å². The van der Waals surface area contributed by atoms with Gasteiger partial charge in [-0.2, -0.15) is 5.26 Å². The van der Waals surface area contributed by atoms with Gasteiger partial charge in [-0.15, -0.1) is 0 Å². The van der Waals surface area contributed by atoms with Crippen LogP contribution < -0.4 is 4.74 Å². The van der Waals surface area contributed by atoms with Crippen LogP contribution in [0, 0.1) is 11.3 Å². The summed E-state index contributed by atoms with van der Waals surface area (Å²) in [4.78, 5) is 12.3. The Morgan fingerprint density at radius 2 is 1.19 bits per heavy atom. The third kappa shape index (κ3) is 8.04. The predicted octanol–water partition coefficient (Wildman–Crippen LogP) is 7.29. The normalized spacial score (nSPS) is 10.5. The molecule has 0 aromatic heterocycles. The van der Waals surface area contributed by atoms with Crippen LogP contribution in [-0.4, -0.2) is 5.97 Å². The maximum absolute atomic E-state index is 12.3. The molecular formula is C29H31NO2. The minimum Gasteiger partial charge on any atom is -0.423 e. The van der Waals surface area contributed by atoms with E-state index in [1.165, 1.54) is 62.5 Å². The second-order valence-electron chi connectivity index (χ2n) is 8.18. The first kappa shape index (κ1) is 23.3. The Labute approximate surface area is 191 Å². The molecule has 3 rings (SSSR count). The van der Waals surface area contributed by atoms with Crippen molar-refractivity contribution < 1.29 is 9.53 Å². The second-order valence-corrected chi connectivity index (χ2v) is 8.18. The molecule has 3 aromatic carbocycles. The van der Waals surface area contributed by atoms with E-state index >= 15 is 0 Å². The van der Waals surface area contributed by atoms with Crippen molar-refractivity contribution in [3.8, 4) is 11.8 Å². The number of esters is 1. The Morgan fingerprint density at radius 1 is 0.656 bits per heavy atom. The Balaban J connectivity index is 1.27. The first-order valence-electron chi connectivity index (χ1n) is 11.6. The Kier molecular flexibility index (Phi) is 9.55. The van der Waals surface area contributed by atoms with E-state index in [0.717, 1.165) is 6.42 Å². The van der Waals surface area contributed by atoms with Gasteiger partial charge in [-0.25, -0.2) is 4.79 Å². The molecular weight excluding hydrogens is 394 g/mol. The highest BCUT2D eigenvalue weighted by Crippen LogP contribution is 2.16. The summed E-state index contributed by atoms with van der Waals surface area (Å²) in [5, 5.41) is 8.83. The smallest absolute Gasteiger partial charge is 0.343 e. The summed E-state index contributed by atoms with van der Waals surface area (Å²) in [5.41, 5.74) is 3.77. The number of rotatable bonds is 12. The fourth-order valence-corrected chi connectivity index (χ4v) is 3.76. The van der Waals surface area contributed by atoms with Gasteiger partial charge in [0.05, 0.1) is 17.2 Å². The quantitative estimate of drug-likeness (QED) is 0.174. The summed E-state index contributed by atoms with van der Waals surface area (Å²) in [7, 11) is 0. The molecule has 0 saturated heterocycles. The van der Waals surface area contributed by atoms with Crippen molar-refractivity contribution in [2.24, 2.45) is 0 Å². The molecule has 32 heavy (non-hydrogen) atoms. The lowest BCUT2D eigenvalue weighted by Crippen LogP contribution is -2.08. The summed E-state index contributed by atoms with van der Waals surface area (Å²) in [6, 6.07) is 27.0. The highest BCUT2D eigenvalue weighted by atomic mass is 16.5. The lowest BCUT2D eigenvalue weighted by molar-refractivity contribution is 0.0734. The van der Waals surface area contributed by atoms with E-state index in [2.05, 4.69) is 30.3 Å². The van der Waals surface area contributed by atoms with Crippen molar-refractivity contribution in [1.82, 2.24) is 0 Å². The summed E-state index contributed by atoms with van der Waals surface area (Å²) >= 11 is 0. The number of ether oxygens (including phenoxy) is 1. The van der Waals surface area contributed by atoms with Gasteiger partial charge in [-0.3, -0.25) is 0 Å². The molecule has 0 unspecified atom stereocenters. The highest BCUT2D eigenvalue weighted by molar-refractivity contribution is 5.91. The zero-order valence-corrected chi connectivity index (χ0v) is 18.6. The van der Waals surface area contributed by atoms with Crippen LogP contribution in [0.3, 0.4) is 0 Å². The first-order valence-corrected chi connectivity index (χ1v) is 11.6. The van der Waals surface area contributed by atoms with Gasteiger partial charge in [0, 0.05) is 0 Å². The Hall–Kier alpha value is -3.38. The standard InChI is InChI=1S/C29H31NO2/c30-23-26-17-21-28(22-18-26)32-29(31)27-19-15-25(16-20-27)14-8-5-3-1-2-4-7-11-24-12-9-6-10-13-24/h6,9-10,12-13,15-22H,1-5,7-8,11,14H2. The van der Waals surface area contributed by atoms with Crippen molar-refractivity contribution in [3.05, 3.63) is 101 Å². The summed E-state index contributed by atoms with van der Waals surface area (Å²) in [6.45, 7) is 0. The van der Waals surface area contributed by atoms with Crippen molar-refractivity contribution in [3.63, 3.8) is 0 Å². The summed E-state index contributed by atoms with van der Waals surface area (Å²) in [6.07, 6.45) is 11.2. The minimum absolute atomic E-state index is 0.381. The number of carbonyl (C=O) groups is 1. The van der Waals surface area contributed by atoms with E-state index in [1.807, 2.05) is 30.3 Å². The van der Waals surface area contributed by atoms with E-state index in [0.29, 0.717) is 16.9 Å². The van der Waals surface area contributed by atoms with E-state index in [-0.39, 0.29) is 5.97 Å². The molecule has 3 heteroatoms. The van der Waals surface area contributed by atoms with E-state index < -0.39 is 0 Å². The molecule has 3 nitrogen and oxygen atoms in total. The lowest BCUT2D eigenvalue weighted by Gasteiger charge is -2.06. The van der Waals surface area contributed by atoms with E-state index in [4.69, 9.17) is 10.00 Å². The number of carbonyl (C=O) groups excluding carboxylic acids is 1. The molecule has 0 bridgehead atoms. The van der Waals surface area contributed by atoms with Crippen LogP contribution in [-0.2, 0) is 12.8 Å². The van der Waals surface area contributed by atoms with Gasteiger partial charge in [0.15, 0.2) is 0 Å². The van der Waals surface area contributed by atoms with Crippen LogP contribution in [0.1, 0.15) is 72.0 Å². The lowest BCUT2D eigenvalue weighted by atomic mass is 10.0. The minimum atomic E-state index is -0.381. The average molecular weight is 426 g/mol. The van der Waals surface area contributed by atoms with Crippen LogP contribution in [0.4, 0.5) is 0 Å². The molecule has 0 atom stereocenters. The number of hydrogen-bond donors (Lipinski definition) is 0. The van der Waals surface area contributed by atoms with Crippen LogP contribution in [0.25, 0.3) is 0 Å². The average Bonchev–Trinajstić information content (AvgIpc) is 2.84. The van der Waals surface area contributed by atoms with Crippen molar-refractivity contribution in [2.45, 2.75) is 57.8 Å². The van der Waals surface area contributed by atoms with Crippen LogP contribution in [0.5, 0.6) is 5.75 Å². The van der Waals surface area contributed by atoms with Crippen molar-refractivity contribution in [2.75, 3.05) is 0 Å². The van der Waals surface area contributed by atoms with Gasteiger partial charge in [-0.05, 0) is 73.2 Å². The molecule has 164 valence electrons. The van der Waals surface area contributed by atoms with Crippen LogP contribution in [0.2, 0.25) is 0 Å². The molecule has 0 fully saturated rings. The number of nitriles is 1. The van der Waals surface area contributed by atoms with Crippen LogP contribution >= 0.6 is 0 Å². The van der Waals surface area contributed by atoms with Gasteiger partial charge >= 0.3 is 5.97 Å². The molecule has 0 amide bonds. The van der Waals surface area contributed by atoms with Gasteiger partial charge < -0.3 is 4.74 Å². The maximum atomic E-state index is 12.3. The van der Waals surface area contributed by atoms with Crippen molar-refractivity contribution in [1.29, 1.82) is 5.26 Å². The fourth-order valence-electron chi connectivity index (χ4n) is 3.76. The Morgan fingerprint density at radius 3 is 1.75 bits per heavy atom. The third-order valence-corrected chi connectivity index (χ3v) is 5.66. The molecule has 0 heterocycles. The summed E-state index contributed by atoms with van der Waals surface area (Å²) < 4.78 is 5.37. The number of benzene rings is 3. The largest absolute Gasteiger partial charge is 0.423 e. The van der Waals surface area contributed by atoms with Gasteiger partial charge in [-0.1, -0.05) is 74.6 Å². The predicted molar refractivity (Wildman–Crippen MR) is 129 cm³/mol. The summed E-state index contributed by atoms with van der Waals surface area (Å²) in [5.74, 6) is 0.0617. The molecule has 0 aliphatic rings. The SMILES string of the molecule is N#Cc1ccc(OC(=O)c2ccc(CCCCCCCCCc3ccccc3)cc2)cc1. The molecule has 0 radical (unpaired) electrons. The monoisotopic (exact) mass is 425 g/mol. The third-order valence-electron chi connectivity index (χ3n) is 5.66. The van der Waals surface area contributed by atoms with Gasteiger partial charge in [0.25, 0.3) is 0 Å².